The summed E-state index contributed by atoms with van der Waals surface area (Å²) < 4.78 is 33.3. The Bertz CT molecular complexity index is 849. The van der Waals surface area contributed by atoms with Crippen molar-refractivity contribution in [1.82, 2.24) is 14.5 Å². The van der Waals surface area contributed by atoms with Gasteiger partial charge in [0.15, 0.2) is 0 Å². The molecule has 0 aliphatic carbocycles. The zero-order valence-electron chi connectivity index (χ0n) is 16.8. The van der Waals surface area contributed by atoms with E-state index in [2.05, 4.69) is 10.6 Å². The first-order chi connectivity index (χ1) is 13.8. The highest BCUT2D eigenvalue weighted by atomic mass is 32.2. The summed E-state index contributed by atoms with van der Waals surface area (Å²) in [5, 5.41) is 5.59. The maximum absolute atomic E-state index is 13.0. The predicted octanol–water partition coefficient (Wildman–Crippen LogP) is 1.61. The fourth-order valence-electron chi connectivity index (χ4n) is 3.40. The van der Waals surface area contributed by atoms with Crippen LogP contribution in [0.25, 0.3) is 0 Å². The van der Waals surface area contributed by atoms with E-state index in [-0.39, 0.29) is 36.5 Å². The molecule has 2 N–H and O–H groups in total. The molecule has 0 bridgehead atoms. The molecule has 0 saturated carbocycles. The molecule has 3 amide bonds. The molecular weight excluding hydrogens is 396 g/mol. The molecule has 2 heterocycles. The molecule has 2 aliphatic heterocycles. The Morgan fingerprint density at radius 1 is 1.17 bits per heavy atom. The molecule has 0 aromatic heterocycles. The third-order valence-corrected chi connectivity index (χ3v) is 6.75. The first-order valence-corrected chi connectivity index (χ1v) is 11.4. The monoisotopic (exact) mass is 424 g/mol. The summed E-state index contributed by atoms with van der Waals surface area (Å²) in [6.45, 7) is 5.29. The first kappa shape index (κ1) is 21.4. The molecule has 2 aliphatic rings. The molecule has 0 radical (unpaired) electrons. The van der Waals surface area contributed by atoms with Crippen LogP contribution in [-0.2, 0) is 14.8 Å². The number of anilines is 1. The molecule has 0 spiro atoms. The molecule has 1 aromatic rings. The van der Waals surface area contributed by atoms with Crippen LogP contribution in [-0.4, -0.2) is 68.4 Å². The van der Waals surface area contributed by atoms with E-state index in [1.165, 1.54) is 4.31 Å². The van der Waals surface area contributed by atoms with Gasteiger partial charge in [-0.25, -0.2) is 13.2 Å². The van der Waals surface area contributed by atoms with Gasteiger partial charge in [-0.3, -0.25) is 9.69 Å². The fraction of sp³-hybridized carbons (Fsp3) is 0.579. The number of carbonyl (C=O) groups is 2. The minimum absolute atomic E-state index is 0.00407. The average Bonchev–Trinajstić information content (AvgIpc) is 3.01. The van der Waals surface area contributed by atoms with Crippen LogP contribution in [0.1, 0.15) is 33.1 Å². The minimum atomic E-state index is -3.58. The van der Waals surface area contributed by atoms with Crippen LogP contribution < -0.4 is 15.4 Å². The van der Waals surface area contributed by atoms with E-state index in [0.29, 0.717) is 24.5 Å². The third-order valence-electron chi connectivity index (χ3n) is 4.85. The lowest BCUT2D eigenvalue weighted by atomic mass is 10.2. The quantitative estimate of drug-likeness (QED) is 0.614. The van der Waals surface area contributed by atoms with E-state index in [4.69, 9.17) is 4.74 Å². The number of rotatable bonds is 8. The van der Waals surface area contributed by atoms with Crippen molar-refractivity contribution in [3.05, 3.63) is 18.2 Å². The summed E-state index contributed by atoms with van der Waals surface area (Å²) in [6, 6.07) is 4.35. The zero-order chi connectivity index (χ0) is 21.0. The Morgan fingerprint density at radius 2 is 1.90 bits per heavy atom. The van der Waals surface area contributed by atoms with Crippen LogP contribution in [0.4, 0.5) is 10.5 Å². The van der Waals surface area contributed by atoms with Crippen molar-refractivity contribution in [3.63, 3.8) is 0 Å². The SMILES string of the molecule is CC(C)Oc1ccc(S(=O)(=O)N2CCCCC2)cc1NCCN1C(=O)CNC1=O. The van der Waals surface area contributed by atoms with Gasteiger partial charge in [0, 0.05) is 26.2 Å². The van der Waals surface area contributed by atoms with Crippen molar-refractivity contribution in [3.8, 4) is 5.75 Å². The lowest BCUT2D eigenvalue weighted by Gasteiger charge is -2.26. The number of urea groups is 1. The molecular formula is C19H28N4O5S. The van der Waals surface area contributed by atoms with E-state index in [1.807, 2.05) is 13.8 Å². The molecule has 0 unspecified atom stereocenters. The van der Waals surface area contributed by atoms with Crippen molar-refractivity contribution in [2.24, 2.45) is 0 Å². The average molecular weight is 425 g/mol. The highest BCUT2D eigenvalue weighted by molar-refractivity contribution is 7.89. The van der Waals surface area contributed by atoms with Gasteiger partial charge in [-0.1, -0.05) is 6.42 Å². The maximum Gasteiger partial charge on any atom is 0.324 e. The Labute approximate surface area is 171 Å². The number of carbonyl (C=O) groups excluding carboxylic acids is 2. The maximum atomic E-state index is 13.0. The van der Waals surface area contributed by atoms with Gasteiger partial charge in [-0.05, 0) is 44.9 Å². The van der Waals surface area contributed by atoms with Crippen LogP contribution >= 0.6 is 0 Å². The van der Waals surface area contributed by atoms with Crippen LogP contribution in [0.5, 0.6) is 5.75 Å². The molecule has 160 valence electrons. The molecule has 3 rings (SSSR count). The second-order valence-electron chi connectivity index (χ2n) is 7.42. The summed E-state index contributed by atoms with van der Waals surface area (Å²) in [7, 11) is -3.58. The summed E-state index contributed by atoms with van der Waals surface area (Å²) in [5.74, 6) is 0.242. The van der Waals surface area contributed by atoms with Crippen molar-refractivity contribution >= 4 is 27.6 Å². The zero-order valence-corrected chi connectivity index (χ0v) is 17.6. The number of sulfonamides is 1. The predicted molar refractivity (Wildman–Crippen MR) is 108 cm³/mol. The summed E-state index contributed by atoms with van der Waals surface area (Å²) in [6.07, 6.45) is 2.68. The molecule has 29 heavy (non-hydrogen) atoms. The van der Waals surface area contributed by atoms with Crippen molar-refractivity contribution in [2.45, 2.75) is 44.1 Å². The molecule has 9 nitrogen and oxygen atoms in total. The first-order valence-electron chi connectivity index (χ1n) is 9.92. The lowest BCUT2D eigenvalue weighted by molar-refractivity contribution is -0.124. The Balaban J connectivity index is 1.78. The number of ether oxygens (including phenoxy) is 1. The number of hydrogen-bond acceptors (Lipinski definition) is 6. The Hall–Kier alpha value is -2.33. The van der Waals surface area contributed by atoms with E-state index >= 15 is 0 Å². The van der Waals surface area contributed by atoms with Gasteiger partial charge in [-0.2, -0.15) is 4.31 Å². The van der Waals surface area contributed by atoms with Gasteiger partial charge in [0.05, 0.1) is 23.2 Å². The van der Waals surface area contributed by atoms with E-state index < -0.39 is 16.1 Å². The van der Waals surface area contributed by atoms with Crippen LogP contribution in [0.15, 0.2) is 23.1 Å². The van der Waals surface area contributed by atoms with Gasteiger partial charge < -0.3 is 15.4 Å². The van der Waals surface area contributed by atoms with Crippen LogP contribution in [0.3, 0.4) is 0 Å². The highest BCUT2D eigenvalue weighted by Gasteiger charge is 2.29. The molecule has 2 fully saturated rings. The Morgan fingerprint density at radius 3 is 2.52 bits per heavy atom. The Kier molecular flexibility index (Phi) is 6.63. The number of imide groups is 1. The normalized spacial score (nSPS) is 18.2. The highest BCUT2D eigenvalue weighted by Crippen LogP contribution is 2.30. The lowest BCUT2D eigenvalue weighted by Crippen LogP contribution is -2.36. The summed E-state index contributed by atoms with van der Waals surface area (Å²) in [5.41, 5.74) is 0.517. The molecule has 1 aromatic carbocycles. The number of piperidine rings is 1. The van der Waals surface area contributed by atoms with Gasteiger partial charge >= 0.3 is 6.03 Å². The van der Waals surface area contributed by atoms with Crippen molar-refractivity contribution < 1.29 is 22.7 Å². The number of nitrogens with one attached hydrogen (secondary N) is 2. The van der Waals surface area contributed by atoms with E-state index in [9.17, 15) is 18.0 Å². The summed E-state index contributed by atoms with van der Waals surface area (Å²) >= 11 is 0. The van der Waals surface area contributed by atoms with Crippen molar-refractivity contribution in [2.75, 3.05) is 38.0 Å². The van der Waals surface area contributed by atoms with Gasteiger partial charge in [0.1, 0.15) is 5.75 Å². The third kappa shape index (κ3) is 4.99. The number of nitrogens with zero attached hydrogens (tertiary/aromatic N) is 2. The topological polar surface area (TPSA) is 108 Å². The second-order valence-corrected chi connectivity index (χ2v) is 9.36. The van der Waals surface area contributed by atoms with Crippen LogP contribution in [0, 0.1) is 0 Å². The smallest absolute Gasteiger partial charge is 0.324 e. The fourth-order valence-corrected chi connectivity index (χ4v) is 4.95. The standard InChI is InChI=1S/C19H28N4O5S/c1-14(2)28-17-7-6-15(29(26,27)22-9-4-3-5-10-22)12-16(17)20-8-11-23-18(24)13-21-19(23)25/h6-7,12,14,20H,3-5,8-11,13H2,1-2H3,(H,21,25). The molecule has 10 heteroatoms. The van der Waals surface area contributed by atoms with Crippen LogP contribution in [0.2, 0.25) is 0 Å². The van der Waals surface area contributed by atoms with Gasteiger partial charge in [0.2, 0.25) is 15.9 Å². The van der Waals surface area contributed by atoms with E-state index in [0.717, 1.165) is 24.2 Å². The summed E-state index contributed by atoms with van der Waals surface area (Å²) in [4.78, 5) is 24.7. The largest absolute Gasteiger partial charge is 0.489 e. The van der Waals surface area contributed by atoms with E-state index in [1.54, 1.807) is 18.2 Å². The van der Waals surface area contributed by atoms with Crippen molar-refractivity contribution in [1.29, 1.82) is 0 Å². The number of amides is 3. The number of hydrogen-bond donors (Lipinski definition) is 2. The molecule has 0 atom stereocenters. The minimum Gasteiger partial charge on any atom is -0.489 e. The van der Waals surface area contributed by atoms with Gasteiger partial charge in [0.25, 0.3) is 0 Å². The van der Waals surface area contributed by atoms with Gasteiger partial charge in [-0.15, -0.1) is 0 Å². The number of benzene rings is 1. The second kappa shape index (κ2) is 9.00. The molecule has 2 saturated heterocycles.